The molecule has 2 aliphatic carbocycles. The van der Waals surface area contributed by atoms with Crippen LogP contribution in [-0.4, -0.2) is 19.0 Å². The van der Waals surface area contributed by atoms with E-state index in [9.17, 15) is 10.1 Å². The highest BCUT2D eigenvalue weighted by molar-refractivity contribution is 5.81. The lowest BCUT2D eigenvalue weighted by Crippen LogP contribution is -2.31. The second-order valence-corrected chi connectivity index (χ2v) is 6.65. The predicted octanol–water partition coefficient (Wildman–Crippen LogP) is 3.92. The number of nitriles is 1. The summed E-state index contributed by atoms with van der Waals surface area (Å²) in [7, 11) is 1.63. The van der Waals surface area contributed by atoms with Crippen molar-refractivity contribution in [2.24, 2.45) is 0 Å². The third-order valence-corrected chi connectivity index (χ3v) is 5.08. The molecule has 3 rings (SSSR count). The van der Waals surface area contributed by atoms with Crippen LogP contribution >= 0.6 is 0 Å². The largest absolute Gasteiger partial charge is 0.493 e. The number of rotatable bonds is 4. The standard InChI is InChI=1S/C19H23NO3/c1-22-17-9-8-14(11-18(17)23-16-6-2-3-7-16)19(13-20)10-4-5-15(21)12-19/h8-9,11,16H,2-7,10,12H2,1H3/t19-/m1/s1. The average molecular weight is 313 g/mol. The van der Waals surface area contributed by atoms with Gasteiger partial charge in [0.25, 0.3) is 0 Å². The van der Waals surface area contributed by atoms with Gasteiger partial charge in [-0.2, -0.15) is 5.26 Å². The SMILES string of the molecule is COc1ccc([C@]2(C#N)CCCC(=O)C2)cc1OC1CCCC1. The zero-order chi connectivity index (χ0) is 16.3. The Morgan fingerprint density at radius 1 is 1.22 bits per heavy atom. The van der Waals surface area contributed by atoms with Crippen molar-refractivity contribution in [3.05, 3.63) is 23.8 Å². The molecular weight excluding hydrogens is 290 g/mol. The van der Waals surface area contributed by atoms with E-state index in [1.54, 1.807) is 7.11 Å². The van der Waals surface area contributed by atoms with Gasteiger partial charge < -0.3 is 9.47 Å². The zero-order valence-corrected chi connectivity index (χ0v) is 13.6. The van der Waals surface area contributed by atoms with Crippen molar-refractivity contribution in [3.63, 3.8) is 0 Å². The van der Waals surface area contributed by atoms with E-state index in [1.807, 2.05) is 18.2 Å². The van der Waals surface area contributed by atoms with Crippen LogP contribution < -0.4 is 9.47 Å². The summed E-state index contributed by atoms with van der Waals surface area (Å²) in [4.78, 5) is 11.9. The smallest absolute Gasteiger partial charge is 0.161 e. The molecule has 4 nitrogen and oxygen atoms in total. The number of carbonyl (C=O) groups is 1. The summed E-state index contributed by atoms with van der Waals surface area (Å²) in [5.41, 5.74) is 0.164. The Balaban J connectivity index is 1.92. The number of carbonyl (C=O) groups excluding carboxylic acids is 1. The number of benzene rings is 1. The highest BCUT2D eigenvalue weighted by Crippen LogP contribution is 2.41. The van der Waals surface area contributed by atoms with E-state index in [1.165, 1.54) is 12.8 Å². The number of ketones is 1. The minimum Gasteiger partial charge on any atom is -0.493 e. The Morgan fingerprint density at radius 2 is 2.00 bits per heavy atom. The van der Waals surface area contributed by atoms with Crippen molar-refractivity contribution in [2.75, 3.05) is 7.11 Å². The van der Waals surface area contributed by atoms with E-state index in [4.69, 9.17) is 9.47 Å². The van der Waals surface area contributed by atoms with E-state index >= 15 is 0 Å². The molecule has 0 aromatic heterocycles. The third-order valence-electron chi connectivity index (χ3n) is 5.08. The number of hydrogen-bond donors (Lipinski definition) is 0. The topological polar surface area (TPSA) is 59.3 Å². The predicted molar refractivity (Wildman–Crippen MR) is 86.6 cm³/mol. The molecule has 4 heteroatoms. The van der Waals surface area contributed by atoms with E-state index < -0.39 is 5.41 Å². The second kappa shape index (κ2) is 6.62. The molecule has 1 atom stereocenters. The number of nitrogens with zero attached hydrogens (tertiary/aromatic N) is 1. The van der Waals surface area contributed by atoms with Crippen molar-refractivity contribution in [2.45, 2.75) is 62.9 Å². The first kappa shape index (κ1) is 15.9. The van der Waals surface area contributed by atoms with Gasteiger partial charge in [0.1, 0.15) is 5.78 Å². The zero-order valence-electron chi connectivity index (χ0n) is 13.6. The quantitative estimate of drug-likeness (QED) is 0.845. The molecule has 0 amide bonds. The maximum atomic E-state index is 11.9. The Hall–Kier alpha value is -2.02. The average Bonchev–Trinajstić information content (AvgIpc) is 3.07. The van der Waals surface area contributed by atoms with Gasteiger partial charge in [-0.3, -0.25) is 4.79 Å². The van der Waals surface area contributed by atoms with Crippen molar-refractivity contribution < 1.29 is 14.3 Å². The summed E-state index contributed by atoms with van der Waals surface area (Å²) < 4.78 is 11.5. The summed E-state index contributed by atoms with van der Waals surface area (Å²) >= 11 is 0. The van der Waals surface area contributed by atoms with Crippen molar-refractivity contribution in [3.8, 4) is 17.6 Å². The van der Waals surface area contributed by atoms with Gasteiger partial charge in [-0.05, 0) is 56.2 Å². The number of Topliss-reactive ketones (excluding diaryl/α,β-unsaturated/α-hetero) is 1. The lowest BCUT2D eigenvalue weighted by molar-refractivity contribution is -0.121. The van der Waals surface area contributed by atoms with Crippen LogP contribution in [0.1, 0.15) is 56.9 Å². The van der Waals surface area contributed by atoms with Crippen molar-refractivity contribution in [1.82, 2.24) is 0 Å². The van der Waals surface area contributed by atoms with E-state index in [-0.39, 0.29) is 11.9 Å². The Labute approximate surface area is 137 Å². The first-order valence-electron chi connectivity index (χ1n) is 8.45. The first-order valence-corrected chi connectivity index (χ1v) is 8.45. The number of hydrogen-bond acceptors (Lipinski definition) is 4. The molecule has 0 heterocycles. The summed E-state index contributed by atoms with van der Waals surface area (Å²) in [5, 5.41) is 9.74. The van der Waals surface area contributed by atoms with Gasteiger partial charge in [-0.1, -0.05) is 6.07 Å². The highest BCUT2D eigenvalue weighted by Gasteiger charge is 2.38. The highest BCUT2D eigenvalue weighted by atomic mass is 16.5. The lowest BCUT2D eigenvalue weighted by atomic mass is 9.70. The van der Waals surface area contributed by atoms with Crippen LogP contribution in [-0.2, 0) is 10.2 Å². The molecule has 23 heavy (non-hydrogen) atoms. The fourth-order valence-corrected chi connectivity index (χ4v) is 3.76. The van der Waals surface area contributed by atoms with E-state index in [0.717, 1.165) is 31.2 Å². The minimum absolute atomic E-state index is 0.173. The van der Waals surface area contributed by atoms with Crippen LogP contribution in [0.5, 0.6) is 11.5 Å². The molecule has 0 saturated heterocycles. The normalized spacial score (nSPS) is 25.1. The van der Waals surface area contributed by atoms with Crippen molar-refractivity contribution in [1.29, 1.82) is 5.26 Å². The first-order chi connectivity index (χ1) is 11.2. The maximum absolute atomic E-state index is 11.9. The number of ether oxygens (including phenoxy) is 2. The molecule has 0 radical (unpaired) electrons. The molecule has 0 spiro atoms. The molecule has 2 fully saturated rings. The maximum Gasteiger partial charge on any atom is 0.161 e. The molecule has 0 N–H and O–H groups in total. The van der Waals surface area contributed by atoms with Crippen LogP contribution in [0.15, 0.2) is 18.2 Å². The third kappa shape index (κ3) is 3.19. The Bertz CT molecular complexity index is 628. The molecular formula is C19H23NO3. The molecule has 1 aromatic rings. The van der Waals surface area contributed by atoms with Crippen LogP contribution in [0, 0.1) is 11.3 Å². The summed E-state index contributed by atoms with van der Waals surface area (Å²) in [6, 6.07) is 8.08. The van der Waals surface area contributed by atoms with Gasteiger partial charge in [-0.15, -0.1) is 0 Å². The summed E-state index contributed by atoms with van der Waals surface area (Å²) in [6.07, 6.45) is 7.15. The Kier molecular flexibility index (Phi) is 4.56. The van der Waals surface area contributed by atoms with Gasteiger partial charge in [0.2, 0.25) is 0 Å². The fraction of sp³-hybridized carbons (Fsp3) is 0.579. The minimum atomic E-state index is -0.713. The van der Waals surface area contributed by atoms with Crippen LogP contribution in [0.4, 0.5) is 0 Å². The molecule has 0 bridgehead atoms. The molecule has 0 unspecified atom stereocenters. The Morgan fingerprint density at radius 3 is 2.65 bits per heavy atom. The summed E-state index contributed by atoms with van der Waals surface area (Å²) in [6.45, 7) is 0. The fourth-order valence-electron chi connectivity index (χ4n) is 3.76. The summed E-state index contributed by atoms with van der Waals surface area (Å²) in [5.74, 6) is 1.56. The lowest BCUT2D eigenvalue weighted by Gasteiger charge is -2.31. The van der Waals surface area contributed by atoms with Crippen LogP contribution in [0.2, 0.25) is 0 Å². The molecule has 122 valence electrons. The molecule has 2 aliphatic rings. The van der Waals surface area contributed by atoms with Crippen LogP contribution in [0.3, 0.4) is 0 Å². The van der Waals surface area contributed by atoms with Gasteiger partial charge in [0.15, 0.2) is 11.5 Å². The van der Waals surface area contributed by atoms with Gasteiger partial charge >= 0.3 is 0 Å². The van der Waals surface area contributed by atoms with Crippen molar-refractivity contribution >= 4 is 5.78 Å². The molecule has 0 aliphatic heterocycles. The molecule has 2 saturated carbocycles. The van der Waals surface area contributed by atoms with E-state index in [2.05, 4.69) is 6.07 Å². The monoisotopic (exact) mass is 313 g/mol. The van der Waals surface area contributed by atoms with Gasteiger partial charge in [-0.25, -0.2) is 0 Å². The number of methoxy groups -OCH3 is 1. The van der Waals surface area contributed by atoms with Gasteiger partial charge in [0, 0.05) is 12.8 Å². The molecule has 1 aromatic carbocycles. The van der Waals surface area contributed by atoms with Gasteiger partial charge in [0.05, 0.1) is 24.7 Å². The van der Waals surface area contributed by atoms with E-state index in [0.29, 0.717) is 24.3 Å². The van der Waals surface area contributed by atoms with Crippen LogP contribution in [0.25, 0.3) is 0 Å². The second-order valence-electron chi connectivity index (χ2n) is 6.65.